The fourth-order valence-corrected chi connectivity index (χ4v) is 2.90. The van der Waals surface area contributed by atoms with E-state index in [4.69, 9.17) is 5.73 Å². The molecule has 0 saturated carbocycles. The molecule has 120 valence electrons. The number of hydrogen-bond acceptors (Lipinski definition) is 2. The highest BCUT2D eigenvalue weighted by atomic mass is 14.9. The van der Waals surface area contributed by atoms with Crippen LogP contribution < -0.4 is 11.1 Å². The van der Waals surface area contributed by atoms with Crippen LogP contribution in [0.1, 0.15) is 51.5 Å². The van der Waals surface area contributed by atoms with Crippen LogP contribution in [-0.4, -0.2) is 12.6 Å². The molecule has 1 aliphatic carbocycles. The molecule has 3 N–H and O–H groups in total. The number of nitrogens with one attached hydrogen (secondary N) is 1. The van der Waals surface area contributed by atoms with Gasteiger partial charge in [-0.2, -0.15) is 0 Å². The van der Waals surface area contributed by atoms with E-state index < -0.39 is 0 Å². The molecule has 2 heteroatoms. The zero-order valence-electron chi connectivity index (χ0n) is 14.0. The van der Waals surface area contributed by atoms with Crippen LogP contribution in [0.25, 0.3) is 5.57 Å². The van der Waals surface area contributed by atoms with Gasteiger partial charge in [-0.1, -0.05) is 49.8 Å². The van der Waals surface area contributed by atoms with Gasteiger partial charge < -0.3 is 11.1 Å². The summed E-state index contributed by atoms with van der Waals surface area (Å²) in [6.45, 7) is 5.44. The van der Waals surface area contributed by atoms with E-state index in [1.165, 1.54) is 29.7 Å². The van der Waals surface area contributed by atoms with Crippen LogP contribution in [0, 0.1) is 5.92 Å². The van der Waals surface area contributed by atoms with Crippen LogP contribution in [0.3, 0.4) is 0 Å². The Bertz CT molecular complexity index is 500. The average Bonchev–Trinajstić information content (AvgIpc) is 2.56. The van der Waals surface area contributed by atoms with Crippen molar-refractivity contribution in [3.05, 3.63) is 53.7 Å². The van der Waals surface area contributed by atoms with Gasteiger partial charge in [0.15, 0.2) is 0 Å². The molecule has 1 aromatic rings. The van der Waals surface area contributed by atoms with Crippen LogP contribution in [-0.2, 0) is 0 Å². The van der Waals surface area contributed by atoms with Gasteiger partial charge in [-0.25, -0.2) is 0 Å². The second kappa shape index (κ2) is 8.79. The lowest BCUT2D eigenvalue weighted by Gasteiger charge is -2.21. The van der Waals surface area contributed by atoms with Crippen molar-refractivity contribution >= 4 is 5.57 Å². The molecule has 0 radical (unpaired) electrons. The lowest BCUT2D eigenvalue weighted by atomic mass is 9.95. The summed E-state index contributed by atoms with van der Waals surface area (Å²) in [5.74, 6) is 0.728. The van der Waals surface area contributed by atoms with E-state index in [1.807, 2.05) is 0 Å². The van der Waals surface area contributed by atoms with Crippen molar-refractivity contribution in [3.63, 3.8) is 0 Å². The second-order valence-corrected chi connectivity index (χ2v) is 6.46. The first kappa shape index (κ1) is 16.8. The second-order valence-electron chi connectivity index (χ2n) is 6.46. The molecular weight excluding hydrogens is 268 g/mol. The van der Waals surface area contributed by atoms with E-state index in [1.54, 1.807) is 0 Å². The third kappa shape index (κ3) is 5.34. The summed E-state index contributed by atoms with van der Waals surface area (Å²) in [5.41, 5.74) is 10.0. The Balaban J connectivity index is 1.84. The van der Waals surface area contributed by atoms with Crippen molar-refractivity contribution < 1.29 is 0 Å². The summed E-state index contributed by atoms with van der Waals surface area (Å²) in [5, 5.41) is 3.64. The Hall–Kier alpha value is -1.54. The van der Waals surface area contributed by atoms with Crippen molar-refractivity contribution in [2.75, 3.05) is 6.54 Å². The van der Waals surface area contributed by atoms with Crippen LogP contribution in [0.2, 0.25) is 0 Å². The van der Waals surface area contributed by atoms with E-state index >= 15 is 0 Å². The van der Waals surface area contributed by atoms with Gasteiger partial charge in [0.1, 0.15) is 0 Å². The molecule has 0 aliphatic heterocycles. The van der Waals surface area contributed by atoms with Gasteiger partial charge in [-0.3, -0.25) is 0 Å². The molecule has 0 amide bonds. The third-order valence-corrected chi connectivity index (χ3v) is 4.52. The predicted molar refractivity (Wildman–Crippen MR) is 96.4 cm³/mol. The minimum absolute atomic E-state index is 0.319. The normalized spacial score (nSPS) is 17.4. The van der Waals surface area contributed by atoms with Crippen molar-refractivity contribution in [3.8, 4) is 0 Å². The first-order valence-electron chi connectivity index (χ1n) is 8.63. The van der Waals surface area contributed by atoms with Crippen molar-refractivity contribution in [1.29, 1.82) is 0 Å². The Morgan fingerprint density at radius 3 is 2.45 bits per heavy atom. The number of benzene rings is 1. The average molecular weight is 298 g/mol. The molecular formula is C20H30N2. The molecule has 1 aliphatic rings. The Morgan fingerprint density at radius 1 is 1.09 bits per heavy atom. The predicted octanol–water partition coefficient (Wildman–Crippen LogP) is 4.49. The summed E-state index contributed by atoms with van der Waals surface area (Å²) in [6.07, 6.45) is 10.3. The molecule has 0 spiro atoms. The van der Waals surface area contributed by atoms with Crippen LogP contribution in [0.4, 0.5) is 0 Å². The summed E-state index contributed by atoms with van der Waals surface area (Å²) < 4.78 is 0. The standard InChI is InChI=1S/C20H30N2/c1-3-17(10-9-16(2)21)15-22-20-13-11-19(12-14-20)18-7-5-4-6-8-18/h4-8,11,13,16-17,22H,3,9-10,12,14-15,21H2,1-2H3/t16?,17-/m0/s1. The number of rotatable bonds is 8. The summed E-state index contributed by atoms with van der Waals surface area (Å²) in [4.78, 5) is 0. The Kier molecular flexibility index (Phi) is 6.73. The molecule has 0 bridgehead atoms. The van der Waals surface area contributed by atoms with Crippen molar-refractivity contribution in [1.82, 2.24) is 5.32 Å². The van der Waals surface area contributed by atoms with Gasteiger partial charge in [0.2, 0.25) is 0 Å². The van der Waals surface area contributed by atoms with Gasteiger partial charge in [0.05, 0.1) is 0 Å². The molecule has 2 rings (SSSR count). The zero-order valence-corrected chi connectivity index (χ0v) is 14.0. The minimum Gasteiger partial charge on any atom is -0.388 e. The Labute approximate surface area is 135 Å². The largest absolute Gasteiger partial charge is 0.388 e. The van der Waals surface area contributed by atoms with Gasteiger partial charge in [0.25, 0.3) is 0 Å². The zero-order chi connectivity index (χ0) is 15.8. The number of hydrogen-bond donors (Lipinski definition) is 2. The van der Waals surface area contributed by atoms with Crippen LogP contribution in [0.5, 0.6) is 0 Å². The summed E-state index contributed by atoms with van der Waals surface area (Å²) >= 11 is 0. The topological polar surface area (TPSA) is 38.0 Å². The maximum Gasteiger partial charge on any atom is 0.0172 e. The van der Waals surface area contributed by atoms with E-state index in [0.717, 1.165) is 31.7 Å². The molecule has 1 aromatic carbocycles. The number of allylic oxidation sites excluding steroid dienone is 4. The lowest BCUT2D eigenvalue weighted by molar-refractivity contribution is 0.419. The van der Waals surface area contributed by atoms with E-state index in [0.29, 0.717) is 6.04 Å². The first-order valence-corrected chi connectivity index (χ1v) is 8.63. The first-order chi connectivity index (χ1) is 10.7. The Morgan fingerprint density at radius 2 is 1.86 bits per heavy atom. The van der Waals surface area contributed by atoms with Gasteiger partial charge in [-0.05, 0) is 55.7 Å². The van der Waals surface area contributed by atoms with Crippen LogP contribution >= 0.6 is 0 Å². The highest BCUT2D eigenvalue weighted by Crippen LogP contribution is 2.25. The van der Waals surface area contributed by atoms with E-state index in [2.05, 4.69) is 61.6 Å². The fraction of sp³-hybridized carbons (Fsp3) is 0.500. The molecule has 0 saturated heterocycles. The molecule has 0 heterocycles. The number of nitrogens with two attached hydrogens (primary N) is 1. The third-order valence-electron chi connectivity index (χ3n) is 4.52. The van der Waals surface area contributed by atoms with E-state index in [9.17, 15) is 0 Å². The minimum atomic E-state index is 0.319. The highest BCUT2D eigenvalue weighted by Gasteiger charge is 2.11. The van der Waals surface area contributed by atoms with Crippen molar-refractivity contribution in [2.45, 2.75) is 52.0 Å². The fourth-order valence-electron chi connectivity index (χ4n) is 2.90. The monoisotopic (exact) mass is 298 g/mol. The molecule has 2 nitrogen and oxygen atoms in total. The molecule has 2 atom stereocenters. The van der Waals surface area contributed by atoms with Gasteiger partial charge in [0, 0.05) is 18.3 Å². The molecule has 0 aromatic heterocycles. The van der Waals surface area contributed by atoms with Crippen LogP contribution in [0.15, 0.2) is 48.2 Å². The highest BCUT2D eigenvalue weighted by molar-refractivity contribution is 5.68. The SMILES string of the molecule is CC[C@@H](CCC(C)N)CNC1=CC=C(c2ccccc2)CC1. The van der Waals surface area contributed by atoms with Crippen molar-refractivity contribution in [2.24, 2.45) is 11.7 Å². The van der Waals surface area contributed by atoms with Gasteiger partial charge >= 0.3 is 0 Å². The van der Waals surface area contributed by atoms with E-state index in [-0.39, 0.29) is 0 Å². The maximum absolute atomic E-state index is 5.87. The summed E-state index contributed by atoms with van der Waals surface area (Å²) in [7, 11) is 0. The van der Waals surface area contributed by atoms with Gasteiger partial charge in [-0.15, -0.1) is 0 Å². The molecule has 0 fully saturated rings. The maximum atomic E-state index is 5.87. The smallest absolute Gasteiger partial charge is 0.0172 e. The molecule has 1 unspecified atom stereocenters. The molecule has 22 heavy (non-hydrogen) atoms. The lowest BCUT2D eigenvalue weighted by Crippen LogP contribution is -2.25. The summed E-state index contributed by atoms with van der Waals surface area (Å²) in [6, 6.07) is 11.0. The quantitative estimate of drug-likeness (QED) is 0.742.